The number of aromatic nitrogens is 1. The molecule has 4 rings (SSSR count). The van der Waals surface area contributed by atoms with Gasteiger partial charge >= 0.3 is 0 Å². The van der Waals surface area contributed by atoms with Gasteiger partial charge < -0.3 is 10.2 Å². The Balaban J connectivity index is 1.51. The number of pyridine rings is 1. The van der Waals surface area contributed by atoms with Gasteiger partial charge in [0.2, 0.25) is 0 Å². The molecule has 0 fully saturated rings. The smallest absolute Gasteiger partial charge is 0.264 e. The molecule has 2 amide bonds. The van der Waals surface area contributed by atoms with Crippen LogP contribution in [0.5, 0.6) is 0 Å². The van der Waals surface area contributed by atoms with E-state index >= 15 is 0 Å². The number of thiophene rings is 1. The molecule has 0 unspecified atom stereocenters. The molecular formula is C20H16BrN3O2S. The zero-order valence-corrected chi connectivity index (χ0v) is 16.7. The molecule has 0 bridgehead atoms. The largest absolute Gasteiger partial charge is 0.333 e. The van der Waals surface area contributed by atoms with Crippen molar-refractivity contribution in [2.24, 2.45) is 0 Å². The number of halogens is 1. The molecule has 0 saturated carbocycles. The van der Waals surface area contributed by atoms with Crippen LogP contribution in [-0.2, 0) is 13.0 Å². The lowest BCUT2D eigenvalue weighted by molar-refractivity contribution is 0.0739. The highest BCUT2D eigenvalue weighted by atomic mass is 79.9. The molecule has 3 aromatic rings. The molecule has 0 spiro atoms. The Morgan fingerprint density at radius 2 is 2.04 bits per heavy atom. The SMILES string of the molecule is O=C(Nc1ccc2c(c1)CN(C(=O)c1cccs1)CC2)c1cncc(Br)c1. The Bertz CT molecular complexity index is 1000. The number of nitrogens with one attached hydrogen (secondary N) is 1. The van der Waals surface area contributed by atoms with E-state index < -0.39 is 0 Å². The van der Waals surface area contributed by atoms with Crippen LogP contribution in [0.1, 0.15) is 31.2 Å². The Morgan fingerprint density at radius 1 is 1.15 bits per heavy atom. The van der Waals surface area contributed by atoms with Crippen LogP contribution < -0.4 is 5.32 Å². The standard InChI is InChI=1S/C20H16BrN3O2S/c21-16-8-14(10-22-11-16)19(25)23-17-4-3-13-5-6-24(12-15(13)9-17)20(26)18-2-1-7-27-18/h1-4,7-11H,5-6,12H2,(H,23,25). The zero-order chi connectivity index (χ0) is 18.8. The van der Waals surface area contributed by atoms with E-state index in [2.05, 4.69) is 26.2 Å². The molecule has 1 N–H and O–H groups in total. The number of carbonyl (C=O) groups excluding carboxylic acids is 2. The fraction of sp³-hybridized carbons (Fsp3) is 0.150. The minimum absolute atomic E-state index is 0.0605. The van der Waals surface area contributed by atoms with Crippen molar-refractivity contribution in [1.82, 2.24) is 9.88 Å². The van der Waals surface area contributed by atoms with Crippen LogP contribution in [0, 0.1) is 0 Å². The number of carbonyl (C=O) groups is 2. The van der Waals surface area contributed by atoms with Crippen molar-refractivity contribution in [3.8, 4) is 0 Å². The highest BCUT2D eigenvalue weighted by molar-refractivity contribution is 9.10. The van der Waals surface area contributed by atoms with Crippen molar-refractivity contribution in [2.75, 3.05) is 11.9 Å². The van der Waals surface area contributed by atoms with Crippen LogP contribution in [0.3, 0.4) is 0 Å². The molecule has 0 atom stereocenters. The molecule has 1 aliphatic rings. The van der Waals surface area contributed by atoms with Gasteiger partial charge in [-0.05, 0) is 63.1 Å². The summed E-state index contributed by atoms with van der Waals surface area (Å²) in [5, 5.41) is 4.82. The molecule has 1 aliphatic heterocycles. The van der Waals surface area contributed by atoms with E-state index in [1.165, 1.54) is 23.1 Å². The van der Waals surface area contributed by atoms with Crippen LogP contribution in [0.4, 0.5) is 5.69 Å². The molecule has 2 aromatic heterocycles. The van der Waals surface area contributed by atoms with Crippen molar-refractivity contribution in [3.63, 3.8) is 0 Å². The zero-order valence-electron chi connectivity index (χ0n) is 14.3. The molecule has 0 saturated heterocycles. The number of fused-ring (bicyclic) bond motifs is 1. The Hall–Kier alpha value is -2.51. The van der Waals surface area contributed by atoms with Crippen molar-refractivity contribution < 1.29 is 9.59 Å². The number of rotatable bonds is 3. The predicted molar refractivity (Wildman–Crippen MR) is 109 cm³/mol. The summed E-state index contributed by atoms with van der Waals surface area (Å²) in [5.74, 6) is -0.156. The Kier molecular flexibility index (Phi) is 5.05. The van der Waals surface area contributed by atoms with Gasteiger partial charge in [0.25, 0.3) is 11.8 Å². The number of hydrogen-bond donors (Lipinski definition) is 1. The third-order valence-electron chi connectivity index (χ3n) is 4.46. The number of hydrogen-bond acceptors (Lipinski definition) is 4. The molecule has 1 aromatic carbocycles. The van der Waals surface area contributed by atoms with Crippen molar-refractivity contribution >= 4 is 44.8 Å². The lowest BCUT2D eigenvalue weighted by Crippen LogP contribution is -2.35. The van der Waals surface area contributed by atoms with Gasteiger partial charge in [-0.15, -0.1) is 11.3 Å². The summed E-state index contributed by atoms with van der Waals surface area (Å²) in [6, 6.07) is 11.3. The molecule has 7 heteroatoms. The first-order valence-corrected chi connectivity index (χ1v) is 10.1. The van der Waals surface area contributed by atoms with Gasteiger partial charge in [-0.3, -0.25) is 14.6 Å². The maximum atomic E-state index is 12.6. The van der Waals surface area contributed by atoms with E-state index in [9.17, 15) is 9.59 Å². The molecular weight excluding hydrogens is 426 g/mol. The summed E-state index contributed by atoms with van der Waals surface area (Å²) in [4.78, 5) is 31.7. The first-order valence-electron chi connectivity index (χ1n) is 8.46. The summed E-state index contributed by atoms with van der Waals surface area (Å²) < 4.78 is 0.753. The maximum Gasteiger partial charge on any atom is 0.264 e. The average Bonchev–Trinajstić information content (AvgIpc) is 3.21. The normalized spacial score (nSPS) is 13.1. The predicted octanol–water partition coefficient (Wildman–Crippen LogP) is 4.36. The van der Waals surface area contributed by atoms with Crippen molar-refractivity contribution in [1.29, 1.82) is 0 Å². The number of benzene rings is 1. The summed E-state index contributed by atoms with van der Waals surface area (Å²) >= 11 is 4.78. The lowest BCUT2D eigenvalue weighted by atomic mass is 9.99. The molecule has 27 heavy (non-hydrogen) atoms. The first kappa shape index (κ1) is 17.9. The molecule has 136 valence electrons. The quantitative estimate of drug-likeness (QED) is 0.656. The molecule has 3 heterocycles. The van der Waals surface area contributed by atoms with E-state index in [-0.39, 0.29) is 11.8 Å². The second-order valence-corrected chi connectivity index (χ2v) is 8.15. The third kappa shape index (κ3) is 3.94. The second-order valence-electron chi connectivity index (χ2n) is 6.28. The number of nitrogens with zero attached hydrogens (tertiary/aromatic N) is 2. The van der Waals surface area contributed by atoms with Gasteiger partial charge in [0, 0.05) is 35.6 Å². The number of anilines is 1. The van der Waals surface area contributed by atoms with E-state index in [0.717, 1.165) is 21.3 Å². The molecule has 0 radical (unpaired) electrons. The van der Waals surface area contributed by atoms with Gasteiger partial charge in [-0.2, -0.15) is 0 Å². The fourth-order valence-corrected chi connectivity index (χ4v) is 4.16. The van der Waals surface area contributed by atoms with Gasteiger partial charge in [-0.25, -0.2) is 0 Å². The average molecular weight is 442 g/mol. The molecule has 5 nitrogen and oxygen atoms in total. The van der Waals surface area contributed by atoms with Crippen molar-refractivity contribution in [2.45, 2.75) is 13.0 Å². The monoisotopic (exact) mass is 441 g/mol. The topological polar surface area (TPSA) is 62.3 Å². The highest BCUT2D eigenvalue weighted by Gasteiger charge is 2.22. The number of amides is 2. The minimum Gasteiger partial charge on any atom is -0.333 e. The van der Waals surface area contributed by atoms with E-state index in [4.69, 9.17) is 0 Å². The third-order valence-corrected chi connectivity index (χ3v) is 5.75. The maximum absolute atomic E-state index is 12.6. The van der Waals surface area contributed by atoms with Gasteiger partial charge in [-0.1, -0.05) is 12.1 Å². The van der Waals surface area contributed by atoms with E-state index in [1.54, 1.807) is 12.3 Å². The van der Waals surface area contributed by atoms with Crippen LogP contribution in [-0.4, -0.2) is 28.2 Å². The summed E-state index contributed by atoms with van der Waals surface area (Å²) in [6.07, 6.45) is 3.98. The second kappa shape index (κ2) is 7.62. The van der Waals surface area contributed by atoms with Crippen molar-refractivity contribution in [3.05, 3.63) is 80.2 Å². The van der Waals surface area contributed by atoms with Crippen LogP contribution in [0.15, 0.2) is 58.6 Å². The van der Waals surface area contributed by atoms with E-state index in [1.807, 2.05) is 40.6 Å². The summed E-state index contributed by atoms with van der Waals surface area (Å²) in [5.41, 5.74) is 3.48. The Morgan fingerprint density at radius 3 is 2.81 bits per heavy atom. The van der Waals surface area contributed by atoms with Crippen LogP contribution >= 0.6 is 27.3 Å². The highest BCUT2D eigenvalue weighted by Crippen LogP contribution is 2.25. The first-order chi connectivity index (χ1) is 13.1. The van der Waals surface area contributed by atoms with E-state index in [0.29, 0.717) is 24.3 Å². The summed E-state index contributed by atoms with van der Waals surface area (Å²) in [7, 11) is 0. The van der Waals surface area contributed by atoms with Crippen LogP contribution in [0.25, 0.3) is 0 Å². The Labute approximate surface area is 169 Å². The lowest BCUT2D eigenvalue weighted by Gasteiger charge is -2.29. The van der Waals surface area contributed by atoms with Crippen LogP contribution in [0.2, 0.25) is 0 Å². The van der Waals surface area contributed by atoms with Gasteiger partial charge in [0.1, 0.15) is 0 Å². The van der Waals surface area contributed by atoms with Gasteiger partial charge in [0.15, 0.2) is 0 Å². The summed E-state index contributed by atoms with van der Waals surface area (Å²) in [6.45, 7) is 1.26. The fourth-order valence-electron chi connectivity index (χ4n) is 3.10. The minimum atomic E-state index is -0.217. The van der Waals surface area contributed by atoms with Gasteiger partial charge in [0.05, 0.1) is 10.4 Å². The molecule has 0 aliphatic carbocycles.